The van der Waals surface area contributed by atoms with Gasteiger partial charge in [-0.15, -0.1) is 0 Å². The predicted octanol–water partition coefficient (Wildman–Crippen LogP) is 4.21. The van der Waals surface area contributed by atoms with Crippen LogP contribution in [0.2, 0.25) is 0 Å². The summed E-state index contributed by atoms with van der Waals surface area (Å²) in [6, 6.07) is 5.36. The quantitative estimate of drug-likeness (QED) is 0.757. The van der Waals surface area contributed by atoms with Crippen LogP contribution in [0.4, 0.5) is 18.9 Å². The minimum absolute atomic E-state index is 0.0312. The smallest absolute Gasteiger partial charge is 0.298 e. The van der Waals surface area contributed by atoms with E-state index >= 15 is 0 Å². The fourth-order valence-electron chi connectivity index (χ4n) is 4.49. The first-order valence-electron chi connectivity index (χ1n) is 9.13. The van der Waals surface area contributed by atoms with Gasteiger partial charge in [0.25, 0.3) is 0 Å². The molecule has 2 heterocycles. The largest absolute Gasteiger partial charge is 0.416 e. The van der Waals surface area contributed by atoms with Crippen LogP contribution in [0.3, 0.4) is 0 Å². The molecule has 0 aliphatic carbocycles. The first kappa shape index (κ1) is 18.4. The lowest BCUT2D eigenvalue weighted by Crippen LogP contribution is -2.65. The zero-order valence-electron chi connectivity index (χ0n) is 14.7. The molecular formula is C19H26F3N2O+. The molecule has 2 fully saturated rings. The number of rotatable bonds is 3. The first-order chi connectivity index (χ1) is 11.8. The summed E-state index contributed by atoms with van der Waals surface area (Å²) in [6.45, 7) is 5.22. The Hall–Kier alpha value is -1.40. The average molecular weight is 355 g/mol. The highest BCUT2D eigenvalue weighted by atomic mass is 19.4. The van der Waals surface area contributed by atoms with Crippen molar-refractivity contribution in [2.24, 2.45) is 0 Å². The molecule has 2 saturated heterocycles. The zero-order chi connectivity index (χ0) is 18.1. The molecule has 25 heavy (non-hydrogen) atoms. The number of piperidine rings is 1. The molecular weight excluding hydrogens is 329 g/mol. The van der Waals surface area contributed by atoms with Crippen molar-refractivity contribution in [3.63, 3.8) is 0 Å². The summed E-state index contributed by atoms with van der Waals surface area (Å²) in [5.41, 5.74) is 0.0375. The lowest BCUT2D eigenvalue weighted by Gasteiger charge is -2.45. The highest BCUT2D eigenvalue weighted by Crippen LogP contribution is 2.37. The van der Waals surface area contributed by atoms with Gasteiger partial charge in [-0.25, -0.2) is 9.28 Å². The minimum atomic E-state index is -4.35. The van der Waals surface area contributed by atoms with Crippen molar-refractivity contribution in [2.45, 2.75) is 51.2 Å². The maximum absolute atomic E-state index is 12.9. The molecule has 1 unspecified atom stereocenters. The van der Waals surface area contributed by atoms with Gasteiger partial charge in [-0.2, -0.15) is 13.2 Å². The number of benzene rings is 1. The molecule has 0 radical (unpaired) electrons. The highest BCUT2D eigenvalue weighted by Gasteiger charge is 2.46. The molecule has 0 saturated carbocycles. The van der Waals surface area contributed by atoms with E-state index in [4.69, 9.17) is 0 Å². The molecule has 2 aliphatic heterocycles. The molecule has 1 aromatic carbocycles. The standard InChI is InChI=1S/C19H26F3N2O/c1-15(25)24(17-9-7-16(8-10-17)19(20,21)22)13-5-2-6-18(24)14-23-11-3-4-12-23/h7-10,18H,2-6,11-14H2,1H3/q+1/t18?,24-/m1/s1. The van der Waals surface area contributed by atoms with E-state index in [0.717, 1.165) is 51.0 Å². The van der Waals surface area contributed by atoms with Crippen LogP contribution in [-0.2, 0) is 11.0 Å². The number of quaternary nitrogens is 1. The van der Waals surface area contributed by atoms with Gasteiger partial charge < -0.3 is 0 Å². The van der Waals surface area contributed by atoms with Gasteiger partial charge in [0.05, 0.1) is 25.6 Å². The number of carbonyl (C=O) groups is 1. The molecule has 0 N–H and O–H groups in total. The molecule has 2 aliphatic rings. The van der Waals surface area contributed by atoms with Crippen molar-refractivity contribution >= 4 is 11.6 Å². The minimum Gasteiger partial charge on any atom is -0.298 e. The SMILES string of the molecule is CC(=O)[N@@+]1(c2ccc(C(F)(F)F)cc2)CCCCC1CN1CCCC1. The van der Waals surface area contributed by atoms with Crippen molar-refractivity contribution in [1.82, 2.24) is 9.38 Å². The zero-order valence-corrected chi connectivity index (χ0v) is 14.7. The third-order valence-electron chi connectivity index (χ3n) is 5.81. The second kappa shape index (κ2) is 7.08. The van der Waals surface area contributed by atoms with Gasteiger partial charge in [-0.3, -0.25) is 4.90 Å². The Balaban J connectivity index is 1.93. The normalized spacial score (nSPS) is 28.2. The summed E-state index contributed by atoms with van der Waals surface area (Å²) in [4.78, 5) is 15.1. The Morgan fingerprint density at radius 3 is 2.32 bits per heavy atom. The van der Waals surface area contributed by atoms with E-state index in [1.54, 1.807) is 6.92 Å². The number of halogens is 3. The maximum Gasteiger partial charge on any atom is 0.416 e. The van der Waals surface area contributed by atoms with Crippen molar-refractivity contribution < 1.29 is 18.0 Å². The Bertz CT molecular complexity index is 608. The van der Waals surface area contributed by atoms with Gasteiger partial charge in [0.1, 0.15) is 11.7 Å². The summed E-state index contributed by atoms with van der Waals surface area (Å²) in [7, 11) is 0. The summed E-state index contributed by atoms with van der Waals surface area (Å²) in [6.07, 6.45) is 0.969. The summed E-state index contributed by atoms with van der Waals surface area (Å²) in [5, 5.41) is 0. The van der Waals surface area contributed by atoms with Crippen molar-refractivity contribution in [3.8, 4) is 0 Å². The topological polar surface area (TPSA) is 20.3 Å². The Morgan fingerprint density at radius 1 is 1.12 bits per heavy atom. The monoisotopic (exact) mass is 355 g/mol. The van der Waals surface area contributed by atoms with Gasteiger partial charge in [0, 0.05) is 18.6 Å². The number of hydrogen-bond acceptors (Lipinski definition) is 2. The van der Waals surface area contributed by atoms with Gasteiger partial charge in [0.2, 0.25) is 0 Å². The fourth-order valence-corrected chi connectivity index (χ4v) is 4.49. The lowest BCUT2D eigenvalue weighted by atomic mass is 9.95. The number of amides is 1. The fraction of sp³-hybridized carbons (Fsp3) is 0.632. The maximum atomic E-state index is 12.9. The van der Waals surface area contributed by atoms with Crippen LogP contribution >= 0.6 is 0 Å². The van der Waals surface area contributed by atoms with Crippen LogP contribution in [0.1, 0.15) is 44.6 Å². The Labute approximate surface area is 147 Å². The lowest BCUT2D eigenvalue weighted by molar-refractivity contribution is -0.137. The predicted molar refractivity (Wildman–Crippen MR) is 92.1 cm³/mol. The van der Waals surface area contributed by atoms with E-state index in [1.807, 2.05) is 0 Å². The number of hydrogen-bond donors (Lipinski definition) is 0. The molecule has 2 atom stereocenters. The molecule has 1 aromatic rings. The van der Waals surface area contributed by atoms with Gasteiger partial charge in [-0.05, 0) is 50.9 Å². The molecule has 1 amide bonds. The highest BCUT2D eigenvalue weighted by molar-refractivity contribution is 5.87. The molecule has 3 rings (SSSR count). The molecule has 0 aromatic heterocycles. The second-order valence-electron chi connectivity index (χ2n) is 7.31. The third-order valence-corrected chi connectivity index (χ3v) is 5.81. The van der Waals surface area contributed by atoms with Crippen molar-refractivity contribution in [3.05, 3.63) is 29.8 Å². The Morgan fingerprint density at radius 2 is 1.76 bits per heavy atom. The number of nitrogens with zero attached hydrogens (tertiary/aromatic N) is 2. The van der Waals surface area contributed by atoms with E-state index in [1.165, 1.54) is 25.0 Å². The van der Waals surface area contributed by atoms with Gasteiger partial charge in [-0.1, -0.05) is 0 Å². The van der Waals surface area contributed by atoms with E-state index in [9.17, 15) is 18.0 Å². The first-order valence-corrected chi connectivity index (χ1v) is 9.13. The van der Waals surface area contributed by atoms with Crippen LogP contribution in [0.15, 0.2) is 24.3 Å². The molecule has 138 valence electrons. The average Bonchev–Trinajstić information content (AvgIpc) is 3.07. The second-order valence-corrected chi connectivity index (χ2v) is 7.31. The molecule has 0 spiro atoms. The van der Waals surface area contributed by atoms with Crippen LogP contribution < -0.4 is 4.48 Å². The van der Waals surface area contributed by atoms with E-state index in [-0.39, 0.29) is 16.4 Å². The van der Waals surface area contributed by atoms with E-state index in [2.05, 4.69) is 4.90 Å². The summed E-state index contributed by atoms with van der Waals surface area (Å²) in [5.74, 6) is 0.0312. The number of carbonyl (C=O) groups excluding carboxylic acids is 1. The van der Waals surface area contributed by atoms with E-state index in [0.29, 0.717) is 12.2 Å². The van der Waals surface area contributed by atoms with E-state index < -0.39 is 11.7 Å². The number of alkyl halides is 3. The van der Waals surface area contributed by atoms with Crippen LogP contribution in [-0.4, -0.2) is 43.0 Å². The Kier molecular flexibility index (Phi) is 5.21. The molecule has 0 bridgehead atoms. The van der Waals surface area contributed by atoms with Crippen LogP contribution in [0, 0.1) is 0 Å². The summed E-state index contributed by atoms with van der Waals surface area (Å²) >= 11 is 0. The van der Waals surface area contributed by atoms with Gasteiger partial charge >= 0.3 is 12.1 Å². The van der Waals surface area contributed by atoms with Gasteiger partial charge in [0.15, 0.2) is 0 Å². The van der Waals surface area contributed by atoms with Crippen molar-refractivity contribution in [2.75, 3.05) is 26.2 Å². The van der Waals surface area contributed by atoms with Crippen LogP contribution in [0.5, 0.6) is 0 Å². The molecule has 3 nitrogen and oxygen atoms in total. The third kappa shape index (κ3) is 3.60. The number of likely N-dealkylation sites (tertiary alicyclic amines) is 2. The summed E-state index contributed by atoms with van der Waals surface area (Å²) < 4.78 is 38.8. The van der Waals surface area contributed by atoms with Crippen LogP contribution in [0.25, 0.3) is 0 Å². The molecule has 6 heteroatoms. The van der Waals surface area contributed by atoms with Crippen molar-refractivity contribution in [1.29, 1.82) is 0 Å².